The third-order valence-electron chi connectivity index (χ3n) is 10.5. The quantitative estimate of drug-likeness (QED) is 0.101. The van der Waals surface area contributed by atoms with Crippen molar-refractivity contribution in [2.24, 2.45) is 10.9 Å². The Hall–Kier alpha value is -4.40. The number of aliphatic hydroxyl groups is 5. The number of aliphatic hydroxyl groups excluding tert-OH is 4. The minimum atomic E-state index is -1.36. The van der Waals surface area contributed by atoms with Crippen molar-refractivity contribution >= 4 is 29.7 Å². The summed E-state index contributed by atoms with van der Waals surface area (Å²) in [6, 6.07) is 5.61. The number of unbranched alkanes of at least 4 members (excludes halogenated alkanes) is 1. The molecule has 1 fully saturated rings. The van der Waals surface area contributed by atoms with Crippen LogP contribution in [0, 0.1) is 5.92 Å². The van der Waals surface area contributed by atoms with Gasteiger partial charge in [-0.15, -0.1) is 0 Å². The van der Waals surface area contributed by atoms with Crippen LogP contribution < -0.4 is 24.8 Å². The molecule has 13 nitrogen and oxygen atoms in total. The van der Waals surface area contributed by atoms with Gasteiger partial charge in [0.05, 0.1) is 60.6 Å². The number of ether oxygens (including phenoxy) is 4. The second-order valence-corrected chi connectivity index (χ2v) is 14.0. The number of hydrogen-bond acceptors (Lipinski definition) is 13. The smallest absolute Gasteiger partial charge is 0.375 e. The highest BCUT2D eigenvalue weighted by Gasteiger charge is 2.46. The highest BCUT2D eigenvalue weighted by atomic mass is 16.6. The average Bonchev–Trinajstić information content (AvgIpc) is 3.82. The monoisotopic (exact) mass is 733 g/mol. The molecule has 13 heteroatoms. The van der Waals surface area contributed by atoms with Crippen LogP contribution in [-0.4, -0.2) is 94.9 Å². The van der Waals surface area contributed by atoms with E-state index in [0.29, 0.717) is 43.2 Å². The minimum absolute atomic E-state index is 0.00952. The van der Waals surface area contributed by atoms with Gasteiger partial charge in [0.1, 0.15) is 29.1 Å². The van der Waals surface area contributed by atoms with Crippen LogP contribution >= 0.6 is 0 Å². The summed E-state index contributed by atoms with van der Waals surface area (Å²) in [5, 5.41) is 53.8. The molecule has 6 rings (SSSR count). The molecule has 284 valence electrons. The molecule has 3 aliphatic heterocycles. The molecular formula is C40H47NO12. The maximum Gasteiger partial charge on any atom is 0.375 e. The molecule has 4 atom stereocenters. The largest absolute Gasteiger partial charge is 0.492 e. The maximum atomic E-state index is 13.9. The van der Waals surface area contributed by atoms with E-state index in [4.69, 9.17) is 18.9 Å². The van der Waals surface area contributed by atoms with E-state index in [2.05, 4.69) is 4.99 Å². The van der Waals surface area contributed by atoms with Crippen molar-refractivity contribution < 1.29 is 58.9 Å². The maximum absolute atomic E-state index is 13.9. The molecular weight excluding hydrogens is 686 g/mol. The third-order valence-corrected chi connectivity index (χ3v) is 10.5. The number of hydrogen-bond donors (Lipinski definition) is 5. The van der Waals surface area contributed by atoms with Crippen LogP contribution in [0.1, 0.15) is 80.5 Å². The Morgan fingerprint density at radius 3 is 2.57 bits per heavy atom. The van der Waals surface area contributed by atoms with Gasteiger partial charge in [0.2, 0.25) is 5.76 Å². The molecule has 2 aromatic carbocycles. The van der Waals surface area contributed by atoms with Gasteiger partial charge < -0.3 is 44.5 Å². The molecule has 5 N–H and O–H groups in total. The summed E-state index contributed by atoms with van der Waals surface area (Å²) in [5.74, 6) is -2.63. The number of nitrogens with zero attached hydrogens (tertiary/aromatic N) is 1. The van der Waals surface area contributed by atoms with E-state index >= 15 is 0 Å². The fourth-order valence-electron chi connectivity index (χ4n) is 7.80. The third kappa shape index (κ3) is 7.28. The van der Waals surface area contributed by atoms with Gasteiger partial charge in [0.25, 0.3) is 0 Å². The summed E-state index contributed by atoms with van der Waals surface area (Å²) in [4.78, 5) is 45.1. The number of fused-ring (bicyclic) bond motifs is 3. The predicted octanol–water partition coefficient (Wildman–Crippen LogP) is 1.49. The van der Waals surface area contributed by atoms with Crippen molar-refractivity contribution in [3.63, 3.8) is 0 Å². The second-order valence-electron chi connectivity index (χ2n) is 14.0. The minimum Gasteiger partial charge on any atom is -0.492 e. The first kappa shape index (κ1) is 38.3. The van der Waals surface area contributed by atoms with E-state index < -0.39 is 48.5 Å². The molecule has 0 radical (unpaired) electrons. The van der Waals surface area contributed by atoms with Crippen molar-refractivity contribution in [2.45, 2.75) is 83.0 Å². The predicted molar refractivity (Wildman–Crippen MR) is 191 cm³/mol. The van der Waals surface area contributed by atoms with Crippen molar-refractivity contribution in [1.29, 1.82) is 0 Å². The fourth-order valence-corrected chi connectivity index (χ4v) is 7.80. The molecule has 1 aliphatic carbocycles. The number of benzene rings is 2. The molecule has 0 bridgehead atoms. The number of rotatable bonds is 15. The van der Waals surface area contributed by atoms with Crippen molar-refractivity contribution in [1.82, 2.24) is 0 Å². The zero-order chi connectivity index (χ0) is 37.9. The summed E-state index contributed by atoms with van der Waals surface area (Å²) < 4.78 is 24.4. The second kappa shape index (κ2) is 16.3. The van der Waals surface area contributed by atoms with Crippen LogP contribution in [0.4, 0.5) is 0 Å². The molecule has 2 aromatic rings. The fraction of sp³-hybridized carbons (Fsp3) is 0.500. The zero-order valence-electron chi connectivity index (χ0n) is 30.1. The molecule has 4 aliphatic rings. The first-order valence-electron chi connectivity index (χ1n) is 18.2. The van der Waals surface area contributed by atoms with E-state index in [1.165, 1.54) is 0 Å². The lowest BCUT2D eigenvalue weighted by Gasteiger charge is -2.34. The van der Waals surface area contributed by atoms with Crippen LogP contribution in [0.2, 0.25) is 0 Å². The Labute approximate surface area is 306 Å². The standard InChI is InChI=1S/C40H47NO12/c1-3-50-39(48)38-28(20-45)32(24-16-25(19-44)34(47)26(17-24)22-7-8-30-23(15-22)9-11-41-30)33-36(51-14-6-13-43)27-18-31(40(2,49)10-4-5-12-42)52-35(27)29(21-46)37(33)53-38/h7-9,15,20,25-26,31,42-44,46,49H,3-6,10-14,16-19,21H2,1-2H3/b32-24-/t25-,26-,31+,40+/m1/s1. The molecule has 1 saturated carbocycles. The van der Waals surface area contributed by atoms with Crippen LogP contribution in [0.25, 0.3) is 11.6 Å². The summed E-state index contributed by atoms with van der Waals surface area (Å²) in [6.07, 6.45) is 3.56. The first-order chi connectivity index (χ1) is 25.6. The van der Waals surface area contributed by atoms with E-state index in [-0.39, 0.29) is 97.4 Å². The highest BCUT2D eigenvalue weighted by Crippen LogP contribution is 2.57. The Balaban J connectivity index is 1.61. The molecule has 0 saturated heterocycles. The van der Waals surface area contributed by atoms with E-state index in [1.807, 2.05) is 24.3 Å². The van der Waals surface area contributed by atoms with Crippen molar-refractivity contribution in [3.05, 3.63) is 67.9 Å². The Morgan fingerprint density at radius 2 is 1.87 bits per heavy atom. The van der Waals surface area contributed by atoms with Crippen LogP contribution in [-0.2, 0) is 32.1 Å². The number of aldehydes is 1. The van der Waals surface area contributed by atoms with Gasteiger partial charge in [-0.25, -0.2) is 4.79 Å². The molecule has 3 heterocycles. The van der Waals surface area contributed by atoms with Crippen LogP contribution in [0.5, 0.6) is 17.2 Å². The number of ketones is 1. The van der Waals surface area contributed by atoms with Gasteiger partial charge in [-0.1, -0.05) is 17.7 Å². The lowest BCUT2D eigenvalue weighted by molar-refractivity contribution is -0.141. The van der Waals surface area contributed by atoms with E-state index in [9.17, 15) is 39.9 Å². The molecule has 0 aromatic heterocycles. The van der Waals surface area contributed by atoms with Gasteiger partial charge >= 0.3 is 5.97 Å². The number of esters is 1. The Bertz CT molecular complexity index is 1960. The SMILES string of the molecule is CCOC(=O)C1=C(C=O)/C(=C2\C[C@H](CO)C(=O)[C@@H](c3ccc4c(c3)=CCN=4)C2)c2c(OCCCO)c3c(c(CO)c2O1)O[C@H]([C@@](C)(O)CCCCO)C3. The number of carbonyl (C=O) groups is 3. The number of allylic oxidation sites excluding steroid dienone is 3. The van der Waals surface area contributed by atoms with Crippen LogP contribution in [0.3, 0.4) is 0 Å². The number of Topliss-reactive ketones (excluding diaryl/α,β-unsaturated/α-hetero) is 1. The van der Waals surface area contributed by atoms with E-state index in [1.54, 1.807) is 13.8 Å². The number of carbonyl (C=O) groups excluding carboxylic acids is 3. The van der Waals surface area contributed by atoms with Crippen molar-refractivity contribution in [3.8, 4) is 17.2 Å². The van der Waals surface area contributed by atoms with Gasteiger partial charge in [-0.3, -0.25) is 14.6 Å². The summed E-state index contributed by atoms with van der Waals surface area (Å²) >= 11 is 0. The topological polar surface area (TPSA) is 202 Å². The normalized spacial score (nSPS) is 22.8. The first-order valence-corrected chi connectivity index (χ1v) is 18.2. The summed E-state index contributed by atoms with van der Waals surface area (Å²) in [6.45, 7) is 2.51. The summed E-state index contributed by atoms with van der Waals surface area (Å²) in [5.41, 5.74) is 0.964. The Kier molecular flexibility index (Phi) is 11.8. The highest BCUT2D eigenvalue weighted by molar-refractivity contribution is 6.11. The van der Waals surface area contributed by atoms with Gasteiger partial charge in [0.15, 0.2) is 6.29 Å². The van der Waals surface area contributed by atoms with Gasteiger partial charge in [-0.05, 0) is 68.9 Å². The molecule has 53 heavy (non-hydrogen) atoms. The zero-order valence-corrected chi connectivity index (χ0v) is 30.1. The van der Waals surface area contributed by atoms with Gasteiger partial charge in [0, 0.05) is 49.0 Å². The lowest BCUT2D eigenvalue weighted by atomic mass is 9.71. The van der Waals surface area contributed by atoms with E-state index in [0.717, 1.165) is 16.1 Å². The lowest BCUT2D eigenvalue weighted by Crippen LogP contribution is -2.42. The van der Waals surface area contributed by atoms with Crippen molar-refractivity contribution in [2.75, 3.05) is 39.6 Å². The van der Waals surface area contributed by atoms with Gasteiger partial charge in [-0.2, -0.15) is 0 Å². The Morgan fingerprint density at radius 1 is 1.08 bits per heavy atom. The summed E-state index contributed by atoms with van der Waals surface area (Å²) in [7, 11) is 0. The molecule has 0 unspecified atom stereocenters. The average molecular weight is 734 g/mol. The molecule has 0 spiro atoms. The molecule has 0 amide bonds. The van der Waals surface area contributed by atoms with Crippen LogP contribution in [0.15, 0.2) is 40.1 Å².